The molecule has 1 aliphatic carbocycles. The van der Waals surface area contributed by atoms with Gasteiger partial charge in [-0.15, -0.1) is 0 Å². The second-order valence-corrected chi connectivity index (χ2v) is 5.44. The second kappa shape index (κ2) is 4.86. The molecule has 21 heavy (non-hydrogen) atoms. The van der Waals surface area contributed by atoms with Gasteiger partial charge in [0, 0.05) is 49.2 Å². The van der Waals surface area contributed by atoms with E-state index in [1.165, 1.54) is 33.5 Å². The van der Waals surface area contributed by atoms with E-state index in [2.05, 4.69) is 58.3 Å². The predicted octanol–water partition coefficient (Wildman–Crippen LogP) is 3.08. The highest BCUT2D eigenvalue weighted by atomic mass is 14.9. The van der Waals surface area contributed by atoms with Crippen LogP contribution in [0.25, 0.3) is 22.3 Å². The number of nitrogens with two attached hydrogens (primary N) is 1. The number of hydrogen-bond acceptors (Lipinski definition) is 2. The van der Waals surface area contributed by atoms with Crippen molar-refractivity contribution in [3.8, 4) is 22.3 Å². The number of hydrogen-bond donors (Lipinski definition) is 1. The standard InChI is InChI=1S/C18H17N3/c19-7-10-21-9-6-14(12-21)16-5-8-20-17-11-13-3-1-2-4-15(13)18(16)17/h1-6,8-9,12H,7,10-11,19H2. The topological polar surface area (TPSA) is 43.8 Å². The Morgan fingerprint density at radius 3 is 2.90 bits per heavy atom. The lowest BCUT2D eigenvalue weighted by Gasteiger charge is -2.07. The van der Waals surface area contributed by atoms with Gasteiger partial charge in [0.25, 0.3) is 0 Å². The number of rotatable bonds is 3. The van der Waals surface area contributed by atoms with Gasteiger partial charge in [-0.1, -0.05) is 24.3 Å². The molecule has 3 nitrogen and oxygen atoms in total. The Kier molecular flexibility index (Phi) is 2.86. The van der Waals surface area contributed by atoms with Gasteiger partial charge in [0.05, 0.1) is 5.69 Å². The summed E-state index contributed by atoms with van der Waals surface area (Å²) in [6.07, 6.45) is 7.11. The summed E-state index contributed by atoms with van der Waals surface area (Å²) in [6, 6.07) is 12.9. The molecule has 0 spiro atoms. The van der Waals surface area contributed by atoms with Crippen LogP contribution < -0.4 is 5.73 Å². The zero-order chi connectivity index (χ0) is 14.2. The maximum Gasteiger partial charge on any atom is 0.0532 e. The van der Waals surface area contributed by atoms with Crippen molar-refractivity contribution in [3.05, 3.63) is 66.2 Å². The molecule has 2 aromatic heterocycles. The smallest absolute Gasteiger partial charge is 0.0532 e. The van der Waals surface area contributed by atoms with Crippen LogP contribution in [0.1, 0.15) is 11.3 Å². The van der Waals surface area contributed by atoms with Crippen LogP contribution in [0.4, 0.5) is 0 Å². The molecule has 2 N–H and O–H groups in total. The lowest BCUT2D eigenvalue weighted by Crippen LogP contribution is -2.07. The van der Waals surface area contributed by atoms with Gasteiger partial charge in [0.15, 0.2) is 0 Å². The van der Waals surface area contributed by atoms with Gasteiger partial charge in [0.1, 0.15) is 0 Å². The third-order valence-corrected chi connectivity index (χ3v) is 4.12. The van der Waals surface area contributed by atoms with E-state index in [9.17, 15) is 0 Å². The molecule has 1 aromatic carbocycles. The maximum atomic E-state index is 5.63. The molecule has 3 aromatic rings. The third-order valence-electron chi connectivity index (χ3n) is 4.12. The van der Waals surface area contributed by atoms with Crippen molar-refractivity contribution in [2.24, 2.45) is 5.73 Å². The summed E-state index contributed by atoms with van der Waals surface area (Å²) in [5, 5.41) is 0. The van der Waals surface area contributed by atoms with Crippen LogP contribution in [-0.2, 0) is 13.0 Å². The van der Waals surface area contributed by atoms with E-state index in [0.717, 1.165) is 13.0 Å². The van der Waals surface area contributed by atoms with Gasteiger partial charge in [-0.25, -0.2) is 0 Å². The van der Waals surface area contributed by atoms with Gasteiger partial charge in [-0.2, -0.15) is 0 Å². The summed E-state index contributed by atoms with van der Waals surface area (Å²) in [5.41, 5.74) is 13.3. The highest BCUT2D eigenvalue weighted by molar-refractivity contribution is 5.89. The fourth-order valence-corrected chi connectivity index (χ4v) is 3.17. The number of benzene rings is 1. The first-order valence-corrected chi connectivity index (χ1v) is 7.29. The molecule has 0 atom stereocenters. The van der Waals surface area contributed by atoms with Crippen molar-refractivity contribution in [3.63, 3.8) is 0 Å². The molecule has 0 saturated heterocycles. The first kappa shape index (κ1) is 12.4. The normalized spacial score (nSPS) is 12.2. The van der Waals surface area contributed by atoms with Crippen LogP contribution in [0.5, 0.6) is 0 Å². The van der Waals surface area contributed by atoms with Gasteiger partial charge < -0.3 is 10.3 Å². The molecular formula is C18H17N3. The first-order chi connectivity index (χ1) is 10.4. The van der Waals surface area contributed by atoms with Gasteiger partial charge in [0.2, 0.25) is 0 Å². The molecule has 4 rings (SSSR count). The molecule has 0 radical (unpaired) electrons. The Morgan fingerprint density at radius 1 is 1.10 bits per heavy atom. The minimum atomic E-state index is 0.658. The van der Waals surface area contributed by atoms with E-state index in [-0.39, 0.29) is 0 Å². The van der Waals surface area contributed by atoms with Crippen molar-refractivity contribution >= 4 is 0 Å². The van der Waals surface area contributed by atoms with E-state index < -0.39 is 0 Å². The molecule has 0 saturated carbocycles. The fraction of sp³-hybridized carbons (Fsp3) is 0.167. The molecule has 0 bridgehead atoms. The summed E-state index contributed by atoms with van der Waals surface area (Å²) in [4.78, 5) is 4.58. The Balaban J connectivity index is 1.87. The van der Waals surface area contributed by atoms with Crippen LogP contribution in [0.15, 0.2) is 55.0 Å². The van der Waals surface area contributed by atoms with Crippen molar-refractivity contribution in [1.82, 2.24) is 9.55 Å². The van der Waals surface area contributed by atoms with E-state index in [4.69, 9.17) is 5.73 Å². The van der Waals surface area contributed by atoms with Crippen LogP contribution >= 0.6 is 0 Å². The lowest BCUT2D eigenvalue weighted by molar-refractivity contribution is 0.714. The molecular weight excluding hydrogens is 258 g/mol. The van der Waals surface area contributed by atoms with E-state index in [0.29, 0.717) is 6.54 Å². The average Bonchev–Trinajstić information content (AvgIpc) is 3.11. The summed E-state index contributed by atoms with van der Waals surface area (Å²) in [7, 11) is 0. The third kappa shape index (κ3) is 1.98. The Morgan fingerprint density at radius 2 is 2.00 bits per heavy atom. The maximum absolute atomic E-state index is 5.63. The Hall–Kier alpha value is -2.39. The van der Waals surface area contributed by atoms with Crippen molar-refractivity contribution in [1.29, 1.82) is 0 Å². The highest BCUT2D eigenvalue weighted by Gasteiger charge is 2.22. The van der Waals surface area contributed by atoms with Gasteiger partial charge in [-0.05, 0) is 28.8 Å². The monoisotopic (exact) mass is 275 g/mol. The first-order valence-electron chi connectivity index (χ1n) is 7.29. The Bertz CT molecular complexity index is 802. The van der Waals surface area contributed by atoms with E-state index in [1.807, 2.05) is 6.20 Å². The summed E-state index contributed by atoms with van der Waals surface area (Å²) in [6.45, 7) is 1.51. The zero-order valence-corrected chi connectivity index (χ0v) is 11.8. The molecule has 0 unspecified atom stereocenters. The van der Waals surface area contributed by atoms with Gasteiger partial charge in [-0.3, -0.25) is 4.98 Å². The SMILES string of the molecule is NCCn1ccc(-c2ccnc3c2-c2ccccc2C3)c1. The van der Waals surface area contributed by atoms with E-state index >= 15 is 0 Å². The highest BCUT2D eigenvalue weighted by Crippen LogP contribution is 2.41. The zero-order valence-electron chi connectivity index (χ0n) is 11.8. The van der Waals surface area contributed by atoms with Crippen molar-refractivity contribution in [2.45, 2.75) is 13.0 Å². The molecule has 1 aliphatic rings. The molecule has 0 fully saturated rings. The number of pyridine rings is 1. The number of nitrogens with zero attached hydrogens (tertiary/aromatic N) is 2. The average molecular weight is 275 g/mol. The molecule has 0 aliphatic heterocycles. The largest absolute Gasteiger partial charge is 0.352 e. The second-order valence-electron chi connectivity index (χ2n) is 5.44. The Labute approximate surface area is 124 Å². The number of aromatic nitrogens is 2. The van der Waals surface area contributed by atoms with Crippen LogP contribution in [0, 0.1) is 0 Å². The predicted molar refractivity (Wildman–Crippen MR) is 85.0 cm³/mol. The minimum Gasteiger partial charge on any atom is -0.352 e. The fourth-order valence-electron chi connectivity index (χ4n) is 3.17. The summed E-state index contributed by atoms with van der Waals surface area (Å²) < 4.78 is 2.14. The quantitative estimate of drug-likeness (QED) is 0.624. The van der Waals surface area contributed by atoms with Crippen LogP contribution in [-0.4, -0.2) is 16.1 Å². The van der Waals surface area contributed by atoms with Crippen LogP contribution in [0.2, 0.25) is 0 Å². The van der Waals surface area contributed by atoms with Gasteiger partial charge >= 0.3 is 0 Å². The lowest BCUT2D eigenvalue weighted by atomic mass is 9.98. The van der Waals surface area contributed by atoms with Crippen molar-refractivity contribution in [2.75, 3.05) is 6.54 Å². The molecule has 2 heterocycles. The molecule has 0 amide bonds. The summed E-state index contributed by atoms with van der Waals surface area (Å²) >= 11 is 0. The number of fused-ring (bicyclic) bond motifs is 3. The molecule has 3 heteroatoms. The minimum absolute atomic E-state index is 0.658. The van der Waals surface area contributed by atoms with E-state index in [1.54, 1.807) is 0 Å². The summed E-state index contributed by atoms with van der Waals surface area (Å²) in [5.74, 6) is 0. The van der Waals surface area contributed by atoms with Crippen molar-refractivity contribution < 1.29 is 0 Å². The van der Waals surface area contributed by atoms with Crippen LogP contribution in [0.3, 0.4) is 0 Å². The molecule has 104 valence electrons.